The zero-order chi connectivity index (χ0) is 11.6. The molecule has 0 saturated carbocycles. The van der Waals surface area contributed by atoms with Crippen LogP contribution >= 0.6 is 0 Å². The van der Waals surface area contributed by atoms with Crippen molar-refractivity contribution in [2.75, 3.05) is 7.05 Å². The standard InChI is InChI=1S/C14H14N2/c1-13(5-3-10-15-2)7-8-14-6-4-11-16-12-9-14/h3-8,10-12H,1H2,2H3/b5-3-,8-7-,15-10?. The van der Waals surface area contributed by atoms with Gasteiger partial charge < -0.3 is 0 Å². The van der Waals surface area contributed by atoms with Crippen LogP contribution in [0.5, 0.6) is 0 Å². The fourth-order valence-corrected chi connectivity index (χ4v) is 1.01. The van der Waals surface area contributed by atoms with Crippen LogP contribution in [0.3, 0.4) is 0 Å². The first-order chi connectivity index (χ1) is 7.83. The van der Waals surface area contributed by atoms with Crippen molar-refractivity contribution in [3.05, 3.63) is 66.1 Å². The molecule has 0 radical (unpaired) electrons. The molecule has 2 nitrogen and oxygen atoms in total. The van der Waals surface area contributed by atoms with Crippen LogP contribution in [0.1, 0.15) is 0 Å². The number of nitrogens with zero attached hydrogens (tertiary/aromatic N) is 2. The van der Waals surface area contributed by atoms with Crippen LogP contribution in [-0.2, 0) is 0 Å². The van der Waals surface area contributed by atoms with Crippen LogP contribution in [0.4, 0.5) is 0 Å². The van der Waals surface area contributed by atoms with Gasteiger partial charge in [-0.3, -0.25) is 9.98 Å². The van der Waals surface area contributed by atoms with Gasteiger partial charge in [-0.25, -0.2) is 0 Å². The third-order valence-electron chi connectivity index (χ3n) is 1.78. The highest BCUT2D eigenvalue weighted by Crippen LogP contribution is 2.03. The Balaban J connectivity index is 2.60. The second kappa shape index (κ2) is 7.16. The topological polar surface area (TPSA) is 24.7 Å². The molecular formula is C14H14N2. The molecule has 0 fully saturated rings. The lowest BCUT2D eigenvalue weighted by Crippen LogP contribution is -1.72. The van der Waals surface area contributed by atoms with Crippen LogP contribution in [0.15, 0.2) is 76.1 Å². The summed E-state index contributed by atoms with van der Waals surface area (Å²) in [4.78, 5) is 7.80. The van der Waals surface area contributed by atoms with E-state index < -0.39 is 0 Å². The van der Waals surface area contributed by atoms with E-state index in [1.54, 1.807) is 25.7 Å². The SMILES string of the molecule is C=C(/C=C\C=NC)/C=C\C1=C=CN=CC=C1. The van der Waals surface area contributed by atoms with Gasteiger partial charge in [-0.1, -0.05) is 24.5 Å². The third kappa shape index (κ3) is 4.89. The first kappa shape index (κ1) is 11.9. The number of aliphatic imine (C=N–C) groups is 2. The van der Waals surface area contributed by atoms with Gasteiger partial charge in [-0.2, -0.15) is 0 Å². The molecule has 0 atom stereocenters. The Hall–Kier alpha value is -2.18. The van der Waals surface area contributed by atoms with Crippen LogP contribution in [0.2, 0.25) is 0 Å². The second-order valence-electron chi connectivity index (χ2n) is 3.06. The molecule has 0 saturated heterocycles. The van der Waals surface area contributed by atoms with Gasteiger partial charge in [-0.15, -0.1) is 0 Å². The van der Waals surface area contributed by atoms with E-state index in [0.29, 0.717) is 0 Å². The van der Waals surface area contributed by atoms with E-state index in [0.717, 1.165) is 11.1 Å². The lowest BCUT2D eigenvalue weighted by molar-refractivity contribution is 1.47. The summed E-state index contributed by atoms with van der Waals surface area (Å²) in [5.41, 5.74) is 4.91. The van der Waals surface area contributed by atoms with E-state index in [1.807, 2.05) is 36.5 Å². The Labute approximate surface area is 96.1 Å². The largest absolute Gasteiger partial charge is 0.297 e. The summed E-state index contributed by atoms with van der Waals surface area (Å²) >= 11 is 0. The fraction of sp³-hybridized carbons (Fsp3) is 0.0714. The number of allylic oxidation sites excluding steroid dienone is 8. The molecule has 0 aromatic rings. The minimum atomic E-state index is 0.910. The predicted molar refractivity (Wildman–Crippen MR) is 71.1 cm³/mol. The van der Waals surface area contributed by atoms with Crippen molar-refractivity contribution in [1.82, 2.24) is 0 Å². The Morgan fingerprint density at radius 2 is 2.38 bits per heavy atom. The summed E-state index contributed by atoms with van der Waals surface area (Å²) in [6, 6.07) is 0. The van der Waals surface area contributed by atoms with Gasteiger partial charge in [-0.05, 0) is 29.9 Å². The van der Waals surface area contributed by atoms with Crippen molar-refractivity contribution in [2.45, 2.75) is 0 Å². The molecule has 80 valence electrons. The van der Waals surface area contributed by atoms with Crippen molar-refractivity contribution in [3.8, 4) is 0 Å². The Morgan fingerprint density at radius 3 is 3.19 bits per heavy atom. The highest BCUT2D eigenvalue weighted by Gasteiger charge is 1.85. The van der Waals surface area contributed by atoms with Gasteiger partial charge >= 0.3 is 0 Å². The number of hydrogen-bond donors (Lipinski definition) is 0. The van der Waals surface area contributed by atoms with Crippen LogP contribution < -0.4 is 0 Å². The molecule has 0 N–H and O–H groups in total. The van der Waals surface area contributed by atoms with E-state index in [-0.39, 0.29) is 0 Å². The Kier molecular flexibility index (Phi) is 5.32. The van der Waals surface area contributed by atoms with E-state index in [9.17, 15) is 0 Å². The minimum Gasteiger partial charge on any atom is -0.297 e. The minimum absolute atomic E-state index is 0.910. The molecule has 0 aromatic heterocycles. The van der Waals surface area contributed by atoms with Crippen LogP contribution in [0, 0.1) is 0 Å². The quantitative estimate of drug-likeness (QED) is 0.387. The van der Waals surface area contributed by atoms with E-state index in [4.69, 9.17) is 0 Å². The molecule has 0 unspecified atom stereocenters. The van der Waals surface area contributed by atoms with Crippen molar-refractivity contribution in [2.24, 2.45) is 9.98 Å². The second-order valence-corrected chi connectivity index (χ2v) is 3.06. The maximum absolute atomic E-state index is 3.95. The first-order valence-corrected chi connectivity index (χ1v) is 4.94. The highest BCUT2D eigenvalue weighted by molar-refractivity contribution is 5.73. The van der Waals surface area contributed by atoms with E-state index in [1.165, 1.54) is 0 Å². The van der Waals surface area contributed by atoms with E-state index >= 15 is 0 Å². The predicted octanol–water partition coefficient (Wildman–Crippen LogP) is 3.04. The van der Waals surface area contributed by atoms with Gasteiger partial charge in [0, 0.05) is 25.0 Å². The summed E-state index contributed by atoms with van der Waals surface area (Å²) in [6.07, 6.45) is 16.5. The molecule has 0 aliphatic carbocycles. The molecule has 2 heteroatoms. The molecule has 0 aromatic carbocycles. The van der Waals surface area contributed by atoms with Gasteiger partial charge in [0.05, 0.1) is 6.20 Å². The number of hydrogen-bond acceptors (Lipinski definition) is 2. The van der Waals surface area contributed by atoms with Gasteiger partial charge in [0.2, 0.25) is 0 Å². The molecule has 1 aliphatic heterocycles. The molecule has 1 aliphatic rings. The Morgan fingerprint density at radius 1 is 1.50 bits per heavy atom. The molecule has 1 rings (SSSR count). The van der Waals surface area contributed by atoms with Crippen LogP contribution in [0.25, 0.3) is 0 Å². The molecule has 0 amide bonds. The zero-order valence-electron chi connectivity index (χ0n) is 9.30. The summed E-state index contributed by atoms with van der Waals surface area (Å²) in [5.74, 6) is 0. The maximum atomic E-state index is 3.95. The van der Waals surface area contributed by atoms with E-state index in [2.05, 4.69) is 22.3 Å². The average Bonchev–Trinajstić information content (AvgIpc) is 2.55. The Bertz CT molecular complexity index is 451. The fourth-order valence-electron chi connectivity index (χ4n) is 1.01. The molecule has 0 spiro atoms. The summed E-state index contributed by atoms with van der Waals surface area (Å²) < 4.78 is 0. The van der Waals surface area contributed by atoms with Crippen LogP contribution in [-0.4, -0.2) is 19.5 Å². The molecular weight excluding hydrogens is 196 g/mol. The number of rotatable bonds is 4. The first-order valence-electron chi connectivity index (χ1n) is 4.94. The maximum Gasteiger partial charge on any atom is 0.0692 e. The smallest absolute Gasteiger partial charge is 0.0692 e. The van der Waals surface area contributed by atoms with Gasteiger partial charge in [0.1, 0.15) is 0 Å². The average molecular weight is 210 g/mol. The summed E-state index contributed by atoms with van der Waals surface area (Å²) in [6.45, 7) is 3.89. The van der Waals surface area contributed by atoms with Crippen molar-refractivity contribution in [1.29, 1.82) is 0 Å². The zero-order valence-corrected chi connectivity index (χ0v) is 9.30. The summed E-state index contributed by atoms with van der Waals surface area (Å²) in [5, 5.41) is 0. The van der Waals surface area contributed by atoms with Gasteiger partial charge in [0.15, 0.2) is 0 Å². The van der Waals surface area contributed by atoms with Crippen molar-refractivity contribution >= 4 is 12.4 Å². The normalized spacial score (nSPS) is 15.2. The highest BCUT2D eigenvalue weighted by atomic mass is 14.6. The lowest BCUT2D eigenvalue weighted by Gasteiger charge is -1.89. The van der Waals surface area contributed by atoms with Crippen molar-refractivity contribution in [3.63, 3.8) is 0 Å². The lowest BCUT2D eigenvalue weighted by atomic mass is 10.2. The summed E-state index contributed by atoms with van der Waals surface area (Å²) in [7, 11) is 1.73. The molecule has 1 heterocycles. The monoisotopic (exact) mass is 210 g/mol. The molecule has 0 bridgehead atoms. The van der Waals surface area contributed by atoms with Gasteiger partial charge in [0.25, 0.3) is 0 Å². The third-order valence-corrected chi connectivity index (χ3v) is 1.78. The van der Waals surface area contributed by atoms with Crippen molar-refractivity contribution < 1.29 is 0 Å². The molecule has 16 heavy (non-hydrogen) atoms.